The Morgan fingerprint density at radius 1 is 1.12 bits per heavy atom. The number of amides is 1. The highest BCUT2D eigenvalue weighted by Crippen LogP contribution is 2.54. The third-order valence-corrected chi connectivity index (χ3v) is 6.49. The molecule has 4 fully saturated rings. The maximum Gasteiger partial charge on any atom is 0.279 e. The van der Waals surface area contributed by atoms with Crippen LogP contribution in [0.3, 0.4) is 0 Å². The third kappa shape index (κ3) is 3.34. The molecule has 0 aromatic heterocycles. The van der Waals surface area contributed by atoms with Gasteiger partial charge in [-0.3, -0.25) is 4.79 Å². The summed E-state index contributed by atoms with van der Waals surface area (Å²) in [6.45, 7) is 0.479. The van der Waals surface area contributed by atoms with Gasteiger partial charge in [0.15, 0.2) is 6.54 Å². The molecule has 5 nitrogen and oxygen atoms in total. The second-order valence-corrected chi connectivity index (χ2v) is 8.30. The highest BCUT2D eigenvalue weighted by atomic mass is 16.5. The first-order chi connectivity index (χ1) is 12.1. The second kappa shape index (κ2) is 6.52. The van der Waals surface area contributed by atoms with Crippen LogP contribution in [0.2, 0.25) is 0 Å². The molecule has 4 bridgehead atoms. The maximum atomic E-state index is 12.5. The van der Waals surface area contributed by atoms with Crippen molar-refractivity contribution in [1.82, 2.24) is 0 Å². The molecule has 0 saturated heterocycles. The molecule has 4 aliphatic carbocycles. The molecule has 5 rings (SSSR count). The number of methoxy groups -OCH3 is 2. The Balaban J connectivity index is 1.38. The normalized spacial score (nSPS) is 32.5. The van der Waals surface area contributed by atoms with Gasteiger partial charge in [-0.15, -0.1) is 0 Å². The number of rotatable bonds is 6. The molecule has 4 saturated carbocycles. The van der Waals surface area contributed by atoms with Crippen molar-refractivity contribution in [3.63, 3.8) is 0 Å². The fourth-order valence-corrected chi connectivity index (χ4v) is 5.85. The zero-order chi connectivity index (χ0) is 17.4. The zero-order valence-electron chi connectivity index (χ0n) is 15.2. The monoisotopic (exact) mass is 345 g/mol. The van der Waals surface area contributed by atoms with E-state index in [1.807, 2.05) is 12.1 Å². The summed E-state index contributed by atoms with van der Waals surface area (Å²) in [5, 5.41) is 5.33. The van der Waals surface area contributed by atoms with Gasteiger partial charge in [0.05, 0.1) is 25.4 Å². The first-order valence-corrected chi connectivity index (χ1v) is 9.45. The summed E-state index contributed by atoms with van der Waals surface area (Å²) in [7, 11) is 3.23. The molecule has 5 heteroatoms. The number of hydrogen-bond donors (Lipinski definition) is 2. The summed E-state index contributed by atoms with van der Waals surface area (Å²) in [6.07, 6.45) is 8.19. The molecule has 0 heterocycles. The number of anilines is 1. The molecule has 1 aromatic carbocycles. The van der Waals surface area contributed by atoms with Crippen LogP contribution >= 0.6 is 0 Å². The number of hydrogen-bond acceptors (Lipinski definition) is 3. The second-order valence-electron chi connectivity index (χ2n) is 8.30. The van der Waals surface area contributed by atoms with E-state index in [0.29, 0.717) is 29.3 Å². The van der Waals surface area contributed by atoms with Gasteiger partial charge in [-0.05, 0) is 49.1 Å². The van der Waals surface area contributed by atoms with Crippen molar-refractivity contribution in [3.8, 4) is 11.5 Å². The van der Waals surface area contributed by atoms with Crippen LogP contribution in [0, 0.1) is 17.8 Å². The van der Waals surface area contributed by atoms with Crippen molar-refractivity contribution in [2.24, 2.45) is 17.8 Å². The van der Waals surface area contributed by atoms with Crippen LogP contribution in [0.5, 0.6) is 11.5 Å². The first kappa shape index (κ1) is 16.7. The summed E-state index contributed by atoms with van der Waals surface area (Å²) in [4.78, 5) is 12.5. The predicted molar refractivity (Wildman–Crippen MR) is 95.9 cm³/mol. The number of benzene rings is 1. The Bertz CT molecular complexity index is 623. The smallest absolute Gasteiger partial charge is 0.279 e. The number of nitrogens with two attached hydrogens (primary N) is 1. The molecule has 0 aliphatic heterocycles. The van der Waals surface area contributed by atoms with E-state index in [1.54, 1.807) is 20.3 Å². The summed E-state index contributed by atoms with van der Waals surface area (Å²) in [5.74, 6) is 4.12. The lowest BCUT2D eigenvalue weighted by Crippen LogP contribution is -3.00. The topological polar surface area (TPSA) is 64.2 Å². The van der Waals surface area contributed by atoms with Gasteiger partial charge in [-0.25, -0.2) is 0 Å². The Morgan fingerprint density at radius 3 is 2.32 bits per heavy atom. The van der Waals surface area contributed by atoms with Gasteiger partial charge in [-0.2, -0.15) is 0 Å². The third-order valence-electron chi connectivity index (χ3n) is 6.49. The number of nitrogens with one attached hydrogen (secondary N) is 1. The molecular weight excluding hydrogens is 316 g/mol. The molecule has 25 heavy (non-hydrogen) atoms. The average Bonchev–Trinajstić information content (AvgIpc) is 2.59. The van der Waals surface area contributed by atoms with Crippen LogP contribution in [0.15, 0.2) is 18.2 Å². The van der Waals surface area contributed by atoms with E-state index in [9.17, 15) is 4.79 Å². The zero-order valence-corrected chi connectivity index (χ0v) is 15.2. The molecule has 3 N–H and O–H groups in total. The van der Waals surface area contributed by atoms with Gasteiger partial charge in [0.2, 0.25) is 0 Å². The van der Waals surface area contributed by atoms with E-state index in [2.05, 4.69) is 10.6 Å². The lowest BCUT2D eigenvalue weighted by atomic mass is 9.53. The highest BCUT2D eigenvalue weighted by Gasteiger charge is 2.53. The van der Waals surface area contributed by atoms with Gasteiger partial charge in [0.1, 0.15) is 11.5 Å². The highest BCUT2D eigenvalue weighted by molar-refractivity contribution is 5.93. The van der Waals surface area contributed by atoms with Gasteiger partial charge >= 0.3 is 0 Å². The lowest BCUT2D eigenvalue weighted by Gasteiger charge is -2.54. The van der Waals surface area contributed by atoms with E-state index >= 15 is 0 Å². The fourth-order valence-electron chi connectivity index (χ4n) is 5.85. The summed E-state index contributed by atoms with van der Waals surface area (Å²) in [6, 6.07) is 5.45. The van der Waals surface area contributed by atoms with Crippen molar-refractivity contribution in [2.75, 3.05) is 26.1 Å². The van der Waals surface area contributed by atoms with Crippen LogP contribution in [0.25, 0.3) is 0 Å². The average molecular weight is 345 g/mol. The van der Waals surface area contributed by atoms with Crippen molar-refractivity contribution >= 4 is 11.6 Å². The van der Waals surface area contributed by atoms with Crippen molar-refractivity contribution in [3.05, 3.63) is 18.2 Å². The summed E-state index contributed by atoms with van der Waals surface area (Å²) >= 11 is 0. The van der Waals surface area contributed by atoms with Crippen LogP contribution < -0.4 is 20.1 Å². The number of carbonyl (C=O) groups excluding carboxylic acids is 1. The predicted octanol–water partition coefficient (Wildman–Crippen LogP) is 2.17. The Labute approximate surface area is 149 Å². The minimum atomic E-state index is 0.0299. The SMILES string of the molecule is COc1ccc(OC)c(NC(=O)C[NH2+]C23CC4CC(CC(C4)C2)C3)c1. The van der Waals surface area contributed by atoms with Gasteiger partial charge < -0.3 is 20.1 Å². The van der Waals surface area contributed by atoms with E-state index in [1.165, 1.54) is 38.5 Å². The van der Waals surface area contributed by atoms with Crippen molar-refractivity contribution < 1.29 is 19.6 Å². The molecule has 0 atom stereocenters. The summed E-state index contributed by atoms with van der Waals surface area (Å²) < 4.78 is 10.6. The Morgan fingerprint density at radius 2 is 1.76 bits per heavy atom. The molecule has 4 aliphatic rings. The minimum absolute atomic E-state index is 0.0299. The molecule has 0 radical (unpaired) electrons. The van der Waals surface area contributed by atoms with Crippen LogP contribution in [-0.2, 0) is 4.79 Å². The van der Waals surface area contributed by atoms with Crippen LogP contribution in [-0.4, -0.2) is 32.2 Å². The Kier molecular flexibility index (Phi) is 4.36. The van der Waals surface area contributed by atoms with E-state index in [4.69, 9.17) is 9.47 Å². The minimum Gasteiger partial charge on any atom is -0.497 e. The van der Waals surface area contributed by atoms with Crippen LogP contribution in [0.1, 0.15) is 38.5 Å². The molecule has 1 amide bonds. The van der Waals surface area contributed by atoms with Gasteiger partial charge in [0.25, 0.3) is 5.91 Å². The molecule has 1 aromatic rings. The lowest BCUT2D eigenvalue weighted by molar-refractivity contribution is -0.729. The molecular formula is C20H29N2O3+. The molecule has 0 unspecified atom stereocenters. The first-order valence-electron chi connectivity index (χ1n) is 9.45. The standard InChI is InChI=1S/C20H28N2O3/c1-24-16-3-4-18(25-2)17(8-16)22-19(23)12-21-20-9-13-5-14(10-20)7-15(6-13)11-20/h3-4,8,13-15,21H,5-7,9-12H2,1-2H3,(H,22,23)/p+1. The van der Waals surface area contributed by atoms with Crippen molar-refractivity contribution in [1.29, 1.82) is 0 Å². The molecule has 0 spiro atoms. The largest absolute Gasteiger partial charge is 0.497 e. The van der Waals surface area contributed by atoms with E-state index in [-0.39, 0.29) is 5.91 Å². The number of ether oxygens (including phenoxy) is 2. The number of carbonyl (C=O) groups is 1. The molecule has 136 valence electrons. The van der Waals surface area contributed by atoms with Crippen molar-refractivity contribution in [2.45, 2.75) is 44.1 Å². The quantitative estimate of drug-likeness (QED) is 0.830. The maximum absolute atomic E-state index is 12.5. The fraction of sp³-hybridized carbons (Fsp3) is 0.650. The van der Waals surface area contributed by atoms with E-state index in [0.717, 1.165) is 17.8 Å². The Hall–Kier alpha value is -1.75. The summed E-state index contributed by atoms with van der Waals surface area (Å²) in [5.41, 5.74) is 0.996. The van der Waals surface area contributed by atoms with Crippen LogP contribution in [0.4, 0.5) is 5.69 Å². The van der Waals surface area contributed by atoms with Gasteiger partial charge in [0, 0.05) is 25.3 Å². The number of quaternary nitrogens is 1. The van der Waals surface area contributed by atoms with E-state index < -0.39 is 0 Å². The van der Waals surface area contributed by atoms with Gasteiger partial charge in [-0.1, -0.05) is 0 Å².